The van der Waals surface area contributed by atoms with Gasteiger partial charge in [-0.3, -0.25) is 4.90 Å². The molecule has 3 rings (SSSR count). The van der Waals surface area contributed by atoms with Crippen LogP contribution >= 0.6 is 0 Å². The molecule has 1 heterocycles. The maximum absolute atomic E-state index is 11.6. The summed E-state index contributed by atoms with van der Waals surface area (Å²) in [6, 6.07) is 7.59. The zero-order chi connectivity index (χ0) is 17.2. The van der Waals surface area contributed by atoms with E-state index in [1.165, 1.54) is 19.1 Å². The van der Waals surface area contributed by atoms with Crippen molar-refractivity contribution in [2.75, 3.05) is 39.6 Å². The average molecular weight is 354 g/mol. The molecule has 2 fully saturated rings. The third-order valence-electron chi connectivity index (χ3n) is 4.75. The minimum atomic E-state index is -3.16. The Balaban J connectivity index is 1.50. The van der Waals surface area contributed by atoms with Crippen LogP contribution in [-0.2, 0) is 10.0 Å². The number of hydrogen-bond acceptors (Lipinski definition) is 5. The minimum absolute atomic E-state index is 0.0318. The Hall–Kier alpha value is -1.31. The Morgan fingerprint density at radius 1 is 1.25 bits per heavy atom. The highest BCUT2D eigenvalue weighted by molar-refractivity contribution is 7.88. The van der Waals surface area contributed by atoms with Crippen molar-refractivity contribution in [1.82, 2.24) is 9.62 Å². The van der Waals surface area contributed by atoms with Crippen LogP contribution in [0.25, 0.3) is 0 Å². The summed E-state index contributed by atoms with van der Waals surface area (Å²) in [5.74, 6) is 2.67. The fraction of sp³-hybridized carbons (Fsp3) is 0.647. The van der Waals surface area contributed by atoms with E-state index < -0.39 is 10.0 Å². The Morgan fingerprint density at radius 3 is 2.67 bits per heavy atom. The summed E-state index contributed by atoms with van der Waals surface area (Å²) < 4.78 is 37.0. The monoisotopic (exact) mass is 354 g/mol. The van der Waals surface area contributed by atoms with E-state index in [2.05, 4.69) is 9.62 Å². The molecule has 24 heavy (non-hydrogen) atoms. The highest BCUT2D eigenvalue weighted by Crippen LogP contribution is 2.41. The maximum atomic E-state index is 11.6. The van der Waals surface area contributed by atoms with Crippen LogP contribution in [0.1, 0.15) is 12.8 Å². The van der Waals surface area contributed by atoms with E-state index in [0.717, 1.165) is 31.1 Å². The van der Waals surface area contributed by atoms with E-state index in [0.29, 0.717) is 18.4 Å². The molecule has 1 saturated heterocycles. The first-order valence-electron chi connectivity index (χ1n) is 8.41. The van der Waals surface area contributed by atoms with Gasteiger partial charge >= 0.3 is 0 Å². The van der Waals surface area contributed by atoms with Crippen LogP contribution in [0.3, 0.4) is 0 Å². The first kappa shape index (κ1) is 17.5. The van der Waals surface area contributed by atoms with Gasteiger partial charge in [0.2, 0.25) is 10.0 Å². The van der Waals surface area contributed by atoms with Crippen LogP contribution in [0.4, 0.5) is 0 Å². The van der Waals surface area contributed by atoms with Crippen LogP contribution < -0.4 is 14.2 Å². The van der Waals surface area contributed by atoms with Crippen LogP contribution in [0, 0.1) is 11.8 Å². The van der Waals surface area contributed by atoms with Crippen molar-refractivity contribution in [1.29, 1.82) is 0 Å². The van der Waals surface area contributed by atoms with Crippen molar-refractivity contribution >= 4 is 10.0 Å². The summed E-state index contributed by atoms with van der Waals surface area (Å²) in [5.41, 5.74) is 0. The molecule has 2 aliphatic rings. The second-order valence-electron chi connectivity index (χ2n) is 6.78. The number of nitrogens with zero attached hydrogens (tertiary/aromatic N) is 1. The number of sulfonamides is 1. The summed E-state index contributed by atoms with van der Waals surface area (Å²) in [6.07, 6.45) is 3.69. The molecule has 1 saturated carbocycles. The van der Waals surface area contributed by atoms with Gasteiger partial charge in [-0.15, -0.1) is 0 Å². The second kappa shape index (κ2) is 7.29. The fourth-order valence-corrected chi connectivity index (χ4v) is 4.28. The quantitative estimate of drug-likeness (QED) is 0.763. The largest absolute Gasteiger partial charge is 0.497 e. The summed E-state index contributed by atoms with van der Waals surface area (Å²) in [5, 5.41) is 0. The number of ether oxygens (including phenoxy) is 2. The molecule has 0 amide bonds. The smallest absolute Gasteiger partial charge is 0.209 e. The zero-order valence-electron chi connectivity index (χ0n) is 14.3. The van der Waals surface area contributed by atoms with Crippen molar-refractivity contribution in [2.24, 2.45) is 11.8 Å². The second-order valence-corrected chi connectivity index (χ2v) is 8.56. The molecule has 1 aliphatic carbocycles. The van der Waals surface area contributed by atoms with Crippen LogP contribution in [0.15, 0.2) is 24.3 Å². The number of methoxy groups -OCH3 is 1. The fourth-order valence-electron chi connectivity index (χ4n) is 3.48. The molecule has 0 bridgehead atoms. The molecule has 0 unspecified atom stereocenters. The van der Waals surface area contributed by atoms with Crippen LogP contribution in [0.2, 0.25) is 0 Å². The standard InChI is InChI=1S/C17H26N2O4S/c1-22-14-4-3-5-15(10-14)23-9-8-19-11-16(13-6-7-13)17(12-19)18-24(2,20)21/h3-5,10,13,16-18H,6-9,11-12H2,1-2H3/t16-,17+/m0/s1. The number of nitrogens with one attached hydrogen (secondary N) is 1. The van der Waals surface area contributed by atoms with E-state index >= 15 is 0 Å². The zero-order valence-corrected chi connectivity index (χ0v) is 15.1. The lowest BCUT2D eigenvalue weighted by Crippen LogP contribution is -2.40. The van der Waals surface area contributed by atoms with E-state index in [1.54, 1.807) is 7.11 Å². The van der Waals surface area contributed by atoms with E-state index in [1.807, 2.05) is 24.3 Å². The molecule has 0 spiro atoms. The molecule has 0 radical (unpaired) electrons. The average Bonchev–Trinajstić information content (AvgIpc) is 3.29. The molecule has 1 N–H and O–H groups in total. The topological polar surface area (TPSA) is 67.9 Å². The Kier molecular flexibility index (Phi) is 5.32. The Labute approximate surface area is 144 Å². The molecular formula is C17H26N2O4S. The lowest BCUT2D eigenvalue weighted by Gasteiger charge is -2.17. The van der Waals surface area contributed by atoms with E-state index in [4.69, 9.17) is 9.47 Å². The number of rotatable bonds is 8. The minimum Gasteiger partial charge on any atom is -0.497 e. The lowest BCUT2D eigenvalue weighted by atomic mass is 9.99. The van der Waals surface area contributed by atoms with Gasteiger partial charge in [-0.05, 0) is 36.8 Å². The van der Waals surface area contributed by atoms with Gasteiger partial charge in [0.25, 0.3) is 0 Å². The highest BCUT2D eigenvalue weighted by atomic mass is 32.2. The summed E-state index contributed by atoms with van der Waals surface area (Å²) >= 11 is 0. The van der Waals surface area contributed by atoms with E-state index in [9.17, 15) is 8.42 Å². The summed E-state index contributed by atoms with van der Waals surface area (Å²) in [4.78, 5) is 2.30. The van der Waals surface area contributed by atoms with Gasteiger partial charge in [-0.2, -0.15) is 0 Å². The molecule has 1 aliphatic heterocycles. The van der Waals surface area contributed by atoms with Gasteiger partial charge in [-0.25, -0.2) is 13.1 Å². The molecular weight excluding hydrogens is 328 g/mol. The SMILES string of the molecule is COc1cccc(OCCN2C[C@@H](NS(C)(=O)=O)[C@H](C3CC3)C2)c1. The normalized spacial score (nSPS) is 24.9. The molecule has 134 valence electrons. The number of hydrogen-bond donors (Lipinski definition) is 1. The van der Waals surface area contributed by atoms with Gasteiger partial charge in [0.15, 0.2) is 0 Å². The van der Waals surface area contributed by atoms with Gasteiger partial charge in [-0.1, -0.05) is 6.07 Å². The number of likely N-dealkylation sites (tertiary alicyclic amines) is 1. The number of benzene rings is 1. The maximum Gasteiger partial charge on any atom is 0.209 e. The van der Waals surface area contributed by atoms with Crippen molar-refractivity contribution in [3.8, 4) is 11.5 Å². The molecule has 0 aromatic heterocycles. The predicted octanol–water partition coefficient (Wildman–Crippen LogP) is 1.33. The van der Waals surface area contributed by atoms with Gasteiger partial charge in [0.1, 0.15) is 18.1 Å². The molecule has 1 aromatic carbocycles. The van der Waals surface area contributed by atoms with Crippen molar-refractivity contribution < 1.29 is 17.9 Å². The van der Waals surface area contributed by atoms with Crippen LogP contribution in [0.5, 0.6) is 11.5 Å². The highest BCUT2D eigenvalue weighted by Gasteiger charge is 2.43. The third kappa shape index (κ3) is 4.84. The summed E-state index contributed by atoms with van der Waals surface area (Å²) in [7, 11) is -1.53. The predicted molar refractivity (Wildman–Crippen MR) is 92.9 cm³/mol. The summed E-state index contributed by atoms with van der Waals surface area (Å²) in [6.45, 7) is 3.08. The first-order chi connectivity index (χ1) is 11.4. The van der Waals surface area contributed by atoms with Gasteiger partial charge in [0.05, 0.1) is 13.4 Å². The lowest BCUT2D eigenvalue weighted by molar-refractivity contribution is 0.230. The third-order valence-corrected chi connectivity index (χ3v) is 5.48. The van der Waals surface area contributed by atoms with E-state index in [-0.39, 0.29) is 6.04 Å². The molecule has 6 nitrogen and oxygen atoms in total. The molecule has 1 aromatic rings. The van der Waals surface area contributed by atoms with Crippen molar-refractivity contribution in [3.05, 3.63) is 24.3 Å². The Bertz CT molecular complexity index is 660. The van der Waals surface area contributed by atoms with Gasteiger partial charge < -0.3 is 9.47 Å². The Morgan fingerprint density at radius 2 is 2.00 bits per heavy atom. The first-order valence-corrected chi connectivity index (χ1v) is 10.3. The molecule has 7 heteroatoms. The van der Waals surface area contributed by atoms with Gasteiger partial charge in [0, 0.05) is 31.7 Å². The van der Waals surface area contributed by atoms with Crippen molar-refractivity contribution in [3.63, 3.8) is 0 Å². The molecule has 2 atom stereocenters. The van der Waals surface area contributed by atoms with Crippen LogP contribution in [-0.4, -0.2) is 59.0 Å². The van der Waals surface area contributed by atoms with Crippen molar-refractivity contribution in [2.45, 2.75) is 18.9 Å².